The maximum absolute atomic E-state index is 12.0. The Morgan fingerprint density at radius 1 is 0.944 bits per heavy atom. The monoisotopic (exact) mass is 288 g/mol. The van der Waals surface area contributed by atoms with Crippen LogP contribution in [0.1, 0.15) is 37.7 Å². The number of rotatable bonds is 8. The maximum atomic E-state index is 12.0. The molecule has 0 heterocycles. The van der Waals surface area contributed by atoms with Crippen LogP contribution in [0.25, 0.3) is 0 Å². The van der Waals surface area contributed by atoms with Gasteiger partial charge in [0, 0.05) is 5.88 Å². The highest BCUT2D eigenvalue weighted by molar-refractivity contribution is 7.91. The first-order valence-corrected chi connectivity index (χ1v) is 8.60. The van der Waals surface area contributed by atoms with Crippen molar-refractivity contribution in [3.63, 3.8) is 0 Å². The Kier molecular flexibility index (Phi) is 6.72. The summed E-state index contributed by atoms with van der Waals surface area (Å²) in [5.74, 6) is 0.943. The van der Waals surface area contributed by atoms with E-state index in [1.807, 2.05) is 19.1 Å². The third-order valence-electron chi connectivity index (χ3n) is 2.93. The summed E-state index contributed by atoms with van der Waals surface area (Å²) in [5, 5.41) is 0. The molecule has 102 valence electrons. The molecule has 0 amide bonds. The molecule has 0 radical (unpaired) electrons. The lowest BCUT2D eigenvalue weighted by atomic mass is 10.2. The van der Waals surface area contributed by atoms with E-state index in [2.05, 4.69) is 0 Å². The Morgan fingerprint density at radius 3 is 2.11 bits per heavy atom. The number of alkyl halides is 1. The zero-order chi connectivity index (χ0) is 13.4. The summed E-state index contributed by atoms with van der Waals surface area (Å²) in [6.45, 7) is 1.95. The second kappa shape index (κ2) is 7.80. The molecule has 0 aliphatic heterocycles. The summed E-state index contributed by atoms with van der Waals surface area (Å²) < 4.78 is 24.0. The van der Waals surface area contributed by atoms with E-state index < -0.39 is 9.84 Å². The number of halogens is 1. The summed E-state index contributed by atoms with van der Waals surface area (Å²) in [5.41, 5.74) is 1.08. The van der Waals surface area contributed by atoms with Crippen LogP contribution in [0.4, 0.5) is 0 Å². The zero-order valence-electron chi connectivity index (χ0n) is 10.9. The molecule has 0 aromatic heterocycles. The maximum Gasteiger partial charge on any atom is 0.178 e. The van der Waals surface area contributed by atoms with Crippen molar-refractivity contribution >= 4 is 21.4 Å². The molecule has 0 spiro atoms. The number of aryl methyl sites for hydroxylation is 1. The predicted octanol–water partition coefficient (Wildman–Crippen LogP) is 3.96. The summed E-state index contributed by atoms with van der Waals surface area (Å²) in [4.78, 5) is 0.439. The van der Waals surface area contributed by atoms with Gasteiger partial charge in [-0.3, -0.25) is 0 Å². The van der Waals surface area contributed by atoms with Crippen molar-refractivity contribution < 1.29 is 8.42 Å². The second-order valence-electron chi connectivity index (χ2n) is 4.59. The van der Waals surface area contributed by atoms with E-state index in [9.17, 15) is 8.42 Å². The molecule has 0 saturated heterocycles. The number of sulfone groups is 1. The van der Waals surface area contributed by atoms with E-state index >= 15 is 0 Å². The van der Waals surface area contributed by atoms with E-state index in [1.54, 1.807) is 12.1 Å². The first-order valence-electron chi connectivity index (χ1n) is 6.41. The van der Waals surface area contributed by atoms with Gasteiger partial charge in [0.2, 0.25) is 0 Å². The number of unbranched alkanes of at least 4 members (excludes halogenated alkanes) is 4. The van der Waals surface area contributed by atoms with Crippen molar-refractivity contribution in [1.29, 1.82) is 0 Å². The molecule has 0 fully saturated rings. The molecular weight excluding hydrogens is 268 g/mol. The molecule has 0 unspecified atom stereocenters. The molecule has 0 saturated carbocycles. The number of hydrogen-bond acceptors (Lipinski definition) is 2. The Balaban J connectivity index is 2.38. The van der Waals surface area contributed by atoms with Gasteiger partial charge in [-0.15, -0.1) is 11.6 Å². The van der Waals surface area contributed by atoms with E-state index in [0.717, 1.165) is 37.7 Å². The smallest absolute Gasteiger partial charge is 0.178 e. The molecule has 0 aliphatic carbocycles. The molecular formula is C14H21ClO2S. The van der Waals surface area contributed by atoms with Crippen molar-refractivity contribution in [2.75, 3.05) is 11.6 Å². The van der Waals surface area contributed by atoms with Crippen molar-refractivity contribution in [3.05, 3.63) is 29.8 Å². The van der Waals surface area contributed by atoms with Gasteiger partial charge in [0.25, 0.3) is 0 Å². The molecule has 1 aromatic rings. The average Bonchev–Trinajstić information content (AvgIpc) is 2.34. The lowest BCUT2D eigenvalue weighted by molar-refractivity contribution is 0.587. The molecule has 2 nitrogen and oxygen atoms in total. The van der Waals surface area contributed by atoms with E-state index in [4.69, 9.17) is 11.6 Å². The van der Waals surface area contributed by atoms with Crippen molar-refractivity contribution in [1.82, 2.24) is 0 Å². The molecule has 0 bridgehead atoms. The zero-order valence-corrected chi connectivity index (χ0v) is 12.4. The van der Waals surface area contributed by atoms with Crippen LogP contribution < -0.4 is 0 Å². The van der Waals surface area contributed by atoms with Gasteiger partial charge in [0.15, 0.2) is 9.84 Å². The Labute approximate surface area is 115 Å². The van der Waals surface area contributed by atoms with Crippen molar-refractivity contribution in [2.45, 2.75) is 43.9 Å². The van der Waals surface area contributed by atoms with Crippen LogP contribution in [0.15, 0.2) is 29.2 Å². The summed E-state index contributed by atoms with van der Waals surface area (Å²) in [6.07, 6.45) is 4.87. The van der Waals surface area contributed by atoms with Gasteiger partial charge in [-0.2, -0.15) is 0 Å². The van der Waals surface area contributed by atoms with Crippen LogP contribution in [0.2, 0.25) is 0 Å². The molecule has 1 aromatic carbocycles. The van der Waals surface area contributed by atoms with Gasteiger partial charge in [0.05, 0.1) is 10.6 Å². The molecule has 1 rings (SSSR count). The average molecular weight is 289 g/mol. The van der Waals surface area contributed by atoms with Gasteiger partial charge in [-0.05, 0) is 31.9 Å². The van der Waals surface area contributed by atoms with Crippen LogP contribution in [0, 0.1) is 6.92 Å². The van der Waals surface area contributed by atoms with Gasteiger partial charge in [0.1, 0.15) is 0 Å². The standard InChI is InChI=1S/C14H21ClO2S/c1-13-7-9-14(10-8-13)18(16,17)12-6-4-2-3-5-11-15/h7-10H,2-6,11-12H2,1H3. The molecule has 18 heavy (non-hydrogen) atoms. The van der Waals surface area contributed by atoms with Gasteiger partial charge < -0.3 is 0 Å². The Hall–Kier alpha value is -0.540. The molecule has 0 atom stereocenters. The lowest BCUT2D eigenvalue weighted by Gasteiger charge is -2.05. The minimum atomic E-state index is -3.10. The van der Waals surface area contributed by atoms with E-state index in [0.29, 0.717) is 10.8 Å². The number of hydrogen-bond donors (Lipinski definition) is 0. The van der Waals surface area contributed by atoms with E-state index in [-0.39, 0.29) is 5.75 Å². The van der Waals surface area contributed by atoms with Gasteiger partial charge in [-0.1, -0.05) is 37.0 Å². The highest BCUT2D eigenvalue weighted by Crippen LogP contribution is 2.14. The summed E-state index contributed by atoms with van der Waals surface area (Å²) in [7, 11) is -3.10. The van der Waals surface area contributed by atoms with Crippen LogP contribution in [0.5, 0.6) is 0 Å². The first kappa shape index (κ1) is 15.5. The highest BCUT2D eigenvalue weighted by atomic mass is 35.5. The topological polar surface area (TPSA) is 34.1 Å². The summed E-state index contributed by atoms with van der Waals surface area (Å²) in [6, 6.07) is 7.07. The third kappa shape index (κ3) is 5.40. The largest absolute Gasteiger partial charge is 0.224 e. The lowest BCUT2D eigenvalue weighted by Crippen LogP contribution is -2.06. The van der Waals surface area contributed by atoms with Gasteiger partial charge in [-0.25, -0.2) is 8.42 Å². The predicted molar refractivity (Wildman–Crippen MR) is 77.0 cm³/mol. The fourth-order valence-corrected chi connectivity index (χ4v) is 3.34. The van der Waals surface area contributed by atoms with Crippen LogP contribution >= 0.6 is 11.6 Å². The fourth-order valence-electron chi connectivity index (χ4n) is 1.78. The Morgan fingerprint density at radius 2 is 1.50 bits per heavy atom. The molecule has 4 heteroatoms. The quantitative estimate of drug-likeness (QED) is 0.536. The van der Waals surface area contributed by atoms with Crippen LogP contribution in [-0.2, 0) is 9.84 Å². The van der Waals surface area contributed by atoms with Gasteiger partial charge >= 0.3 is 0 Å². The van der Waals surface area contributed by atoms with Crippen LogP contribution in [-0.4, -0.2) is 20.1 Å². The van der Waals surface area contributed by atoms with E-state index in [1.165, 1.54) is 0 Å². The fraction of sp³-hybridized carbons (Fsp3) is 0.571. The summed E-state index contributed by atoms with van der Waals surface area (Å²) >= 11 is 5.58. The second-order valence-corrected chi connectivity index (χ2v) is 7.08. The van der Waals surface area contributed by atoms with Crippen LogP contribution in [0.3, 0.4) is 0 Å². The minimum Gasteiger partial charge on any atom is -0.224 e. The highest BCUT2D eigenvalue weighted by Gasteiger charge is 2.13. The van der Waals surface area contributed by atoms with Crippen molar-refractivity contribution in [2.24, 2.45) is 0 Å². The van der Waals surface area contributed by atoms with Crippen molar-refractivity contribution in [3.8, 4) is 0 Å². The number of benzene rings is 1. The normalized spacial score (nSPS) is 11.7. The SMILES string of the molecule is Cc1ccc(S(=O)(=O)CCCCCCCCl)cc1. The third-order valence-corrected chi connectivity index (χ3v) is 5.01. The molecule has 0 aliphatic rings. The Bertz CT molecular complexity index is 437. The molecule has 0 N–H and O–H groups in total. The first-order chi connectivity index (χ1) is 8.56. The minimum absolute atomic E-state index is 0.247.